The Morgan fingerprint density at radius 1 is 1.12 bits per heavy atom. The van der Waals surface area contributed by atoms with Crippen molar-refractivity contribution in [3.63, 3.8) is 0 Å². The molecule has 0 aliphatic carbocycles. The van der Waals surface area contributed by atoms with Gasteiger partial charge in [-0.1, -0.05) is 56.4 Å². The first-order valence-corrected chi connectivity index (χ1v) is 12.4. The Bertz CT molecular complexity index is 1470. The predicted molar refractivity (Wildman–Crippen MR) is 134 cm³/mol. The van der Waals surface area contributed by atoms with E-state index in [1.807, 2.05) is 13.0 Å². The Morgan fingerprint density at radius 3 is 2.62 bits per heavy atom. The molecule has 0 saturated carbocycles. The van der Waals surface area contributed by atoms with Gasteiger partial charge in [0.05, 0.1) is 10.9 Å². The van der Waals surface area contributed by atoms with Crippen LogP contribution in [0.4, 0.5) is 5.13 Å². The van der Waals surface area contributed by atoms with E-state index in [1.54, 1.807) is 23.8 Å². The number of nitrogens with one attached hydrogen (secondary N) is 2. The molecule has 0 aliphatic rings. The summed E-state index contributed by atoms with van der Waals surface area (Å²) in [5.41, 5.74) is 1.73. The van der Waals surface area contributed by atoms with Crippen molar-refractivity contribution in [1.82, 2.24) is 24.1 Å². The number of aryl methyl sites for hydroxylation is 3. The SMILES string of the molecule is CCCCCCCCn1c(=N)c(C(=O)Nc2nnc(C)s2)cc2c(=O)n3cccc(C)c3nc21. The molecule has 0 fully saturated rings. The highest BCUT2D eigenvalue weighted by molar-refractivity contribution is 7.15. The van der Waals surface area contributed by atoms with E-state index in [0.717, 1.165) is 29.8 Å². The fourth-order valence-electron chi connectivity index (χ4n) is 4.05. The fraction of sp³-hybridized carbons (Fsp3) is 0.417. The van der Waals surface area contributed by atoms with Gasteiger partial charge in [-0.3, -0.25) is 24.7 Å². The van der Waals surface area contributed by atoms with Crippen LogP contribution in [0.5, 0.6) is 0 Å². The molecule has 4 aromatic rings. The second-order valence-corrected chi connectivity index (χ2v) is 9.63. The van der Waals surface area contributed by atoms with Crippen LogP contribution in [-0.4, -0.2) is 30.1 Å². The molecule has 10 heteroatoms. The number of amides is 1. The molecular weight excluding hydrogens is 450 g/mol. The zero-order valence-corrected chi connectivity index (χ0v) is 20.5. The van der Waals surface area contributed by atoms with Gasteiger partial charge in [0.1, 0.15) is 21.8 Å². The van der Waals surface area contributed by atoms with Crippen molar-refractivity contribution >= 4 is 39.1 Å². The van der Waals surface area contributed by atoms with Crippen molar-refractivity contribution in [2.24, 2.45) is 0 Å². The summed E-state index contributed by atoms with van der Waals surface area (Å²) < 4.78 is 3.19. The number of nitrogens with zero attached hydrogens (tertiary/aromatic N) is 5. The molecule has 0 aromatic carbocycles. The monoisotopic (exact) mass is 479 g/mol. The quantitative estimate of drug-likeness (QED) is 0.275. The third-order valence-corrected chi connectivity index (χ3v) is 6.61. The van der Waals surface area contributed by atoms with Gasteiger partial charge in [-0.05, 0) is 38.0 Å². The Balaban J connectivity index is 1.81. The highest BCUT2D eigenvalue weighted by atomic mass is 32.1. The van der Waals surface area contributed by atoms with E-state index < -0.39 is 5.91 Å². The van der Waals surface area contributed by atoms with E-state index in [9.17, 15) is 9.59 Å². The molecular formula is C24H29N7O2S. The molecule has 4 heterocycles. The van der Waals surface area contributed by atoms with E-state index in [-0.39, 0.29) is 16.6 Å². The lowest BCUT2D eigenvalue weighted by Gasteiger charge is -2.15. The fourth-order valence-corrected chi connectivity index (χ4v) is 4.64. The van der Waals surface area contributed by atoms with Crippen LogP contribution in [0, 0.1) is 19.3 Å². The molecule has 178 valence electrons. The first-order valence-electron chi connectivity index (χ1n) is 11.6. The number of carbonyl (C=O) groups is 1. The second kappa shape index (κ2) is 10.3. The summed E-state index contributed by atoms with van der Waals surface area (Å²) in [6.07, 6.45) is 8.22. The lowest BCUT2D eigenvalue weighted by atomic mass is 10.1. The van der Waals surface area contributed by atoms with E-state index >= 15 is 0 Å². The maximum atomic E-state index is 13.4. The van der Waals surface area contributed by atoms with Gasteiger partial charge in [0, 0.05) is 12.7 Å². The highest BCUT2D eigenvalue weighted by Gasteiger charge is 2.19. The number of carbonyl (C=O) groups excluding carboxylic acids is 1. The third kappa shape index (κ3) is 4.77. The number of hydrogen-bond donors (Lipinski definition) is 2. The van der Waals surface area contributed by atoms with Gasteiger partial charge in [0.2, 0.25) is 5.13 Å². The Kier molecular flexibility index (Phi) is 7.16. The molecule has 4 rings (SSSR count). The van der Waals surface area contributed by atoms with Crippen LogP contribution in [0.1, 0.15) is 66.4 Å². The molecule has 4 aromatic heterocycles. The normalized spacial score (nSPS) is 11.4. The number of rotatable bonds is 9. The Hall–Kier alpha value is -3.40. The van der Waals surface area contributed by atoms with E-state index in [2.05, 4.69) is 22.4 Å². The van der Waals surface area contributed by atoms with E-state index in [4.69, 9.17) is 10.4 Å². The van der Waals surface area contributed by atoms with E-state index in [1.165, 1.54) is 41.1 Å². The predicted octanol–water partition coefficient (Wildman–Crippen LogP) is 4.21. The van der Waals surface area contributed by atoms with Crippen LogP contribution in [0.2, 0.25) is 0 Å². The molecule has 1 amide bonds. The average Bonchev–Trinajstić information content (AvgIpc) is 3.22. The molecule has 0 saturated heterocycles. The number of hydrogen-bond acceptors (Lipinski definition) is 7. The number of fused-ring (bicyclic) bond motifs is 2. The molecule has 0 spiro atoms. The number of unbranched alkanes of at least 4 members (excludes halogenated alkanes) is 5. The summed E-state index contributed by atoms with van der Waals surface area (Å²) in [6, 6.07) is 5.17. The Morgan fingerprint density at radius 2 is 1.88 bits per heavy atom. The average molecular weight is 480 g/mol. The van der Waals surface area contributed by atoms with E-state index in [0.29, 0.717) is 28.4 Å². The van der Waals surface area contributed by atoms with Crippen LogP contribution in [0.15, 0.2) is 29.2 Å². The zero-order valence-electron chi connectivity index (χ0n) is 19.7. The topological polar surface area (TPSA) is 118 Å². The van der Waals surface area contributed by atoms with Crippen molar-refractivity contribution < 1.29 is 4.79 Å². The lowest BCUT2D eigenvalue weighted by molar-refractivity contribution is 0.102. The van der Waals surface area contributed by atoms with Gasteiger partial charge in [-0.25, -0.2) is 4.98 Å². The standard InChI is InChI=1S/C24H29N7O2S/c1-4-5-6-7-8-9-12-30-19(25)17(22(32)27-24-29-28-16(3)34-24)14-18-21(30)26-20-15(2)11-10-13-31(20)23(18)33/h10-11,13-14,25H,4-9,12H2,1-3H3,(H,27,29,32). The van der Waals surface area contributed by atoms with Crippen LogP contribution in [0.25, 0.3) is 16.7 Å². The van der Waals surface area contributed by atoms with Crippen molar-refractivity contribution in [2.75, 3.05) is 5.32 Å². The molecule has 2 N–H and O–H groups in total. The van der Waals surface area contributed by atoms with Crippen molar-refractivity contribution in [3.05, 3.63) is 56.4 Å². The Labute approximate surface area is 201 Å². The lowest BCUT2D eigenvalue weighted by Crippen LogP contribution is -2.32. The molecule has 0 atom stereocenters. The minimum atomic E-state index is -0.492. The van der Waals surface area contributed by atoms with Gasteiger partial charge in [-0.15, -0.1) is 10.2 Å². The minimum absolute atomic E-state index is 0.0321. The maximum absolute atomic E-state index is 13.4. The van der Waals surface area contributed by atoms with Crippen molar-refractivity contribution in [1.29, 1.82) is 5.41 Å². The number of aromatic nitrogens is 5. The second-order valence-electron chi connectivity index (χ2n) is 8.45. The molecule has 0 bridgehead atoms. The van der Waals surface area contributed by atoms with Gasteiger partial charge in [0.25, 0.3) is 11.5 Å². The van der Waals surface area contributed by atoms with Crippen LogP contribution < -0.4 is 16.4 Å². The molecule has 0 unspecified atom stereocenters. The number of anilines is 1. The van der Waals surface area contributed by atoms with Gasteiger partial charge in [0.15, 0.2) is 0 Å². The first-order chi connectivity index (χ1) is 16.4. The summed E-state index contributed by atoms with van der Waals surface area (Å²) in [6.45, 7) is 6.39. The summed E-state index contributed by atoms with van der Waals surface area (Å²) in [4.78, 5) is 31.2. The largest absolute Gasteiger partial charge is 0.310 e. The van der Waals surface area contributed by atoms with Gasteiger partial charge in [-0.2, -0.15) is 0 Å². The van der Waals surface area contributed by atoms with Crippen LogP contribution >= 0.6 is 11.3 Å². The van der Waals surface area contributed by atoms with Crippen LogP contribution in [-0.2, 0) is 6.54 Å². The minimum Gasteiger partial charge on any atom is -0.310 e. The van der Waals surface area contributed by atoms with Gasteiger partial charge < -0.3 is 4.57 Å². The first kappa shape index (κ1) is 23.7. The number of pyridine rings is 2. The summed E-state index contributed by atoms with van der Waals surface area (Å²) in [5, 5.41) is 20.8. The molecule has 0 radical (unpaired) electrons. The summed E-state index contributed by atoms with van der Waals surface area (Å²) in [7, 11) is 0. The maximum Gasteiger partial charge on any atom is 0.267 e. The smallest absolute Gasteiger partial charge is 0.267 e. The highest BCUT2D eigenvalue weighted by Crippen LogP contribution is 2.17. The van der Waals surface area contributed by atoms with Crippen LogP contribution in [0.3, 0.4) is 0 Å². The molecule has 9 nitrogen and oxygen atoms in total. The zero-order chi connectivity index (χ0) is 24.2. The van der Waals surface area contributed by atoms with Crippen molar-refractivity contribution in [2.45, 2.75) is 65.8 Å². The van der Waals surface area contributed by atoms with Gasteiger partial charge >= 0.3 is 0 Å². The molecule has 34 heavy (non-hydrogen) atoms. The summed E-state index contributed by atoms with van der Waals surface area (Å²) in [5.74, 6) is -0.492. The third-order valence-electron chi connectivity index (χ3n) is 5.86. The van der Waals surface area contributed by atoms with Crippen molar-refractivity contribution in [3.8, 4) is 0 Å². The summed E-state index contributed by atoms with van der Waals surface area (Å²) >= 11 is 1.25. The molecule has 0 aliphatic heterocycles.